The molecule has 7 heteroatoms. The third-order valence-corrected chi connectivity index (χ3v) is 5.19. The van der Waals surface area contributed by atoms with Crippen molar-refractivity contribution in [3.05, 3.63) is 35.4 Å². The van der Waals surface area contributed by atoms with Gasteiger partial charge in [0.05, 0.1) is 18.8 Å². The number of ether oxygens (including phenoxy) is 2. The first kappa shape index (κ1) is 19.2. The molecule has 144 valence electrons. The Kier molecular flexibility index (Phi) is 6.21. The van der Waals surface area contributed by atoms with Crippen molar-refractivity contribution in [1.29, 1.82) is 0 Å². The Labute approximate surface area is 152 Å². The zero-order valence-corrected chi connectivity index (χ0v) is 15.2. The summed E-state index contributed by atoms with van der Waals surface area (Å²) >= 11 is 0. The SMILES string of the molecule is CC(OCC1CCCO1)C(=O)NC1CCN(C)C1c1ccc(F)c(F)c1. The molecule has 0 aromatic heterocycles. The van der Waals surface area contributed by atoms with Gasteiger partial charge in [0.2, 0.25) is 5.91 Å². The molecule has 0 radical (unpaired) electrons. The summed E-state index contributed by atoms with van der Waals surface area (Å²) in [6, 6.07) is 3.54. The van der Waals surface area contributed by atoms with Gasteiger partial charge in [-0.1, -0.05) is 6.07 Å². The summed E-state index contributed by atoms with van der Waals surface area (Å²) in [5, 5.41) is 3.00. The van der Waals surface area contributed by atoms with Crippen molar-refractivity contribution in [2.45, 2.75) is 50.5 Å². The normalized spacial score (nSPS) is 27.6. The van der Waals surface area contributed by atoms with Gasteiger partial charge in [0, 0.05) is 19.2 Å². The van der Waals surface area contributed by atoms with Crippen molar-refractivity contribution in [3.8, 4) is 0 Å². The molecule has 4 atom stereocenters. The van der Waals surface area contributed by atoms with E-state index in [1.165, 1.54) is 6.07 Å². The van der Waals surface area contributed by atoms with E-state index in [1.807, 2.05) is 11.9 Å². The number of hydrogen-bond acceptors (Lipinski definition) is 4. The van der Waals surface area contributed by atoms with Crippen LogP contribution in [0.2, 0.25) is 0 Å². The Balaban J connectivity index is 1.59. The lowest BCUT2D eigenvalue weighted by Gasteiger charge is -2.27. The summed E-state index contributed by atoms with van der Waals surface area (Å²) in [5.41, 5.74) is 0.655. The van der Waals surface area contributed by atoms with Crippen LogP contribution in [-0.4, -0.2) is 55.9 Å². The van der Waals surface area contributed by atoms with E-state index >= 15 is 0 Å². The molecule has 1 aromatic carbocycles. The molecule has 1 N–H and O–H groups in total. The quantitative estimate of drug-likeness (QED) is 0.838. The van der Waals surface area contributed by atoms with Crippen molar-refractivity contribution in [2.24, 2.45) is 0 Å². The predicted octanol–water partition coefficient (Wildman–Crippen LogP) is 2.41. The fourth-order valence-corrected chi connectivity index (χ4v) is 3.68. The van der Waals surface area contributed by atoms with Crippen LogP contribution in [0.25, 0.3) is 0 Å². The lowest BCUT2D eigenvalue weighted by molar-refractivity contribution is -0.134. The van der Waals surface area contributed by atoms with Crippen LogP contribution in [0, 0.1) is 11.6 Å². The van der Waals surface area contributed by atoms with Crippen LogP contribution in [0.15, 0.2) is 18.2 Å². The Morgan fingerprint density at radius 2 is 2.19 bits per heavy atom. The first-order chi connectivity index (χ1) is 12.5. The lowest BCUT2D eigenvalue weighted by Crippen LogP contribution is -2.44. The van der Waals surface area contributed by atoms with Gasteiger partial charge < -0.3 is 14.8 Å². The van der Waals surface area contributed by atoms with Crippen LogP contribution in [0.5, 0.6) is 0 Å². The molecule has 0 aliphatic carbocycles. The van der Waals surface area contributed by atoms with Gasteiger partial charge >= 0.3 is 0 Å². The van der Waals surface area contributed by atoms with Gasteiger partial charge in [-0.3, -0.25) is 9.69 Å². The minimum absolute atomic E-state index is 0.0674. The number of nitrogens with zero attached hydrogens (tertiary/aromatic N) is 1. The number of nitrogens with one attached hydrogen (secondary N) is 1. The largest absolute Gasteiger partial charge is 0.376 e. The molecule has 0 bridgehead atoms. The first-order valence-corrected chi connectivity index (χ1v) is 9.14. The smallest absolute Gasteiger partial charge is 0.249 e. The van der Waals surface area contributed by atoms with Gasteiger partial charge in [-0.05, 0) is 50.9 Å². The number of amides is 1. The van der Waals surface area contributed by atoms with E-state index in [9.17, 15) is 13.6 Å². The highest BCUT2D eigenvalue weighted by Crippen LogP contribution is 2.31. The molecule has 4 unspecified atom stereocenters. The van der Waals surface area contributed by atoms with Crippen LogP contribution in [-0.2, 0) is 14.3 Å². The van der Waals surface area contributed by atoms with Crippen molar-refractivity contribution < 1.29 is 23.0 Å². The zero-order valence-electron chi connectivity index (χ0n) is 15.2. The van der Waals surface area contributed by atoms with Crippen LogP contribution in [0.1, 0.15) is 37.8 Å². The molecule has 1 aromatic rings. The number of hydrogen-bond donors (Lipinski definition) is 1. The number of likely N-dealkylation sites (tertiary alicyclic amines) is 1. The van der Waals surface area contributed by atoms with Crippen molar-refractivity contribution in [1.82, 2.24) is 10.2 Å². The van der Waals surface area contributed by atoms with Gasteiger partial charge in [0.25, 0.3) is 0 Å². The van der Waals surface area contributed by atoms with Gasteiger partial charge in [-0.2, -0.15) is 0 Å². The van der Waals surface area contributed by atoms with Crippen LogP contribution in [0.3, 0.4) is 0 Å². The molecule has 5 nitrogen and oxygen atoms in total. The Hall–Kier alpha value is -1.57. The molecule has 0 saturated carbocycles. The van der Waals surface area contributed by atoms with Crippen LogP contribution < -0.4 is 5.32 Å². The highest BCUT2D eigenvalue weighted by Gasteiger charge is 2.35. The Morgan fingerprint density at radius 3 is 2.88 bits per heavy atom. The minimum atomic E-state index is -0.874. The van der Waals surface area contributed by atoms with Crippen LogP contribution in [0.4, 0.5) is 8.78 Å². The van der Waals surface area contributed by atoms with Gasteiger partial charge in [0.15, 0.2) is 11.6 Å². The van der Waals surface area contributed by atoms with Crippen LogP contribution >= 0.6 is 0 Å². The summed E-state index contributed by atoms with van der Waals surface area (Å²) in [6.07, 6.45) is 2.21. The average Bonchev–Trinajstić information content (AvgIpc) is 3.25. The molecule has 3 rings (SSSR count). The summed E-state index contributed by atoms with van der Waals surface area (Å²) < 4.78 is 38.0. The molecule has 2 saturated heterocycles. The van der Waals surface area contributed by atoms with E-state index in [1.54, 1.807) is 13.0 Å². The number of likely N-dealkylation sites (N-methyl/N-ethyl adjacent to an activating group) is 1. The second-order valence-electron chi connectivity index (χ2n) is 7.11. The maximum Gasteiger partial charge on any atom is 0.249 e. The maximum absolute atomic E-state index is 13.6. The van der Waals surface area contributed by atoms with E-state index in [0.29, 0.717) is 12.2 Å². The average molecular weight is 368 g/mol. The second-order valence-corrected chi connectivity index (χ2v) is 7.11. The highest BCUT2D eigenvalue weighted by molar-refractivity contribution is 5.80. The lowest BCUT2D eigenvalue weighted by atomic mass is 9.99. The minimum Gasteiger partial charge on any atom is -0.376 e. The second kappa shape index (κ2) is 8.41. The van der Waals surface area contributed by atoms with E-state index in [-0.39, 0.29) is 24.1 Å². The fraction of sp³-hybridized carbons (Fsp3) is 0.632. The molecule has 2 fully saturated rings. The summed E-state index contributed by atoms with van der Waals surface area (Å²) in [7, 11) is 1.91. The van der Waals surface area contributed by atoms with E-state index < -0.39 is 17.7 Å². The Bertz CT molecular complexity index is 637. The molecule has 1 amide bonds. The number of benzene rings is 1. The summed E-state index contributed by atoms with van der Waals surface area (Å²) in [5.74, 6) is -1.94. The fourth-order valence-electron chi connectivity index (χ4n) is 3.68. The van der Waals surface area contributed by atoms with Crippen molar-refractivity contribution in [3.63, 3.8) is 0 Å². The van der Waals surface area contributed by atoms with E-state index in [2.05, 4.69) is 5.32 Å². The number of carbonyl (C=O) groups is 1. The zero-order chi connectivity index (χ0) is 18.7. The molecule has 2 aliphatic heterocycles. The van der Waals surface area contributed by atoms with Gasteiger partial charge in [0.1, 0.15) is 6.10 Å². The van der Waals surface area contributed by atoms with E-state index in [0.717, 1.165) is 38.5 Å². The number of halogens is 2. The number of carbonyl (C=O) groups excluding carboxylic acids is 1. The molecule has 26 heavy (non-hydrogen) atoms. The third kappa shape index (κ3) is 4.39. The molecule has 2 heterocycles. The molecular formula is C19H26F2N2O3. The Morgan fingerprint density at radius 1 is 1.38 bits per heavy atom. The number of rotatable bonds is 6. The standard InChI is InChI=1S/C19H26F2N2O3/c1-12(26-11-14-4-3-9-25-14)19(24)22-17-7-8-23(2)18(17)13-5-6-15(20)16(21)10-13/h5-6,10,12,14,17-18H,3-4,7-9,11H2,1-2H3,(H,22,24). The highest BCUT2D eigenvalue weighted by atomic mass is 19.2. The topological polar surface area (TPSA) is 50.8 Å². The maximum atomic E-state index is 13.6. The van der Waals surface area contributed by atoms with Crippen molar-refractivity contribution >= 4 is 5.91 Å². The first-order valence-electron chi connectivity index (χ1n) is 9.14. The molecule has 0 spiro atoms. The molecular weight excluding hydrogens is 342 g/mol. The summed E-state index contributed by atoms with van der Waals surface area (Å²) in [4.78, 5) is 14.5. The predicted molar refractivity (Wildman–Crippen MR) is 92.7 cm³/mol. The van der Waals surface area contributed by atoms with Gasteiger partial charge in [-0.15, -0.1) is 0 Å². The third-order valence-electron chi connectivity index (χ3n) is 5.19. The van der Waals surface area contributed by atoms with E-state index in [4.69, 9.17) is 9.47 Å². The molecule has 2 aliphatic rings. The van der Waals surface area contributed by atoms with Crippen molar-refractivity contribution in [2.75, 3.05) is 26.8 Å². The monoisotopic (exact) mass is 368 g/mol. The van der Waals surface area contributed by atoms with Gasteiger partial charge in [-0.25, -0.2) is 8.78 Å². The summed E-state index contributed by atoms with van der Waals surface area (Å²) in [6.45, 7) is 3.64.